The number of carbonyl (C=O) groups is 2. The van der Waals surface area contributed by atoms with E-state index in [9.17, 15) is 9.59 Å². The highest BCUT2D eigenvalue weighted by Crippen LogP contribution is 2.52. The Morgan fingerprint density at radius 2 is 1.62 bits per heavy atom. The lowest BCUT2D eigenvalue weighted by Gasteiger charge is -2.17. The van der Waals surface area contributed by atoms with Crippen LogP contribution in [0.4, 0.5) is 0 Å². The molecule has 21 heavy (non-hydrogen) atoms. The van der Waals surface area contributed by atoms with Crippen LogP contribution >= 0.6 is 23.2 Å². The SMILES string of the molecule is O=C1[C@@H]2[C@@H](C(=O)N1Cc1ccc(Cl)c(Cl)c1)[C@H]1C=C[C@H]2C1. The van der Waals surface area contributed by atoms with Crippen LogP contribution in [0.3, 0.4) is 0 Å². The van der Waals surface area contributed by atoms with Gasteiger partial charge in [0.1, 0.15) is 0 Å². The second-order valence-electron chi connectivity index (χ2n) is 6.01. The molecule has 2 bridgehead atoms. The minimum atomic E-state index is -0.143. The van der Waals surface area contributed by atoms with Crippen LogP contribution < -0.4 is 0 Å². The number of fused-ring (bicyclic) bond motifs is 5. The van der Waals surface area contributed by atoms with E-state index in [2.05, 4.69) is 12.2 Å². The maximum absolute atomic E-state index is 12.6. The van der Waals surface area contributed by atoms with Gasteiger partial charge in [-0.2, -0.15) is 0 Å². The molecule has 108 valence electrons. The fraction of sp³-hybridized carbons (Fsp3) is 0.375. The van der Waals surface area contributed by atoms with E-state index < -0.39 is 0 Å². The number of hydrogen-bond donors (Lipinski definition) is 0. The van der Waals surface area contributed by atoms with Crippen molar-refractivity contribution in [3.8, 4) is 0 Å². The maximum Gasteiger partial charge on any atom is 0.234 e. The maximum atomic E-state index is 12.6. The summed E-state index contributed by atoms with van der Waals surface area (Å²) in [5.41, 5.74) is 0.825. The standard InChI is InChI=1S/C16H13Cl2NO2/c17-11-4-1-8(5-12(11)18)7-19-15(20)13-9-2-3-10(6-9)14(13)16(19)21/h1-5,9-10,13-14H,6-7H2/t9-,10-,13-,14-/m0/s1. The van der Waals surface area contributed by atoms with Gasteiger partial charge >= 0.3 is 0 Å². The highest BCUT2D eigenvalue weighted by Gasteiger charge is 2.59. The number of amides is 2. The predicted molar refractivity (Wildman–Crippen MR) is 79.7 cm³/mol. The van der Waals surface area contributed by atoms with E-state index in [1.165, 1.54) is 4.90 Å². The van der Waals surface area contributed by atoms with E-state index in [1.807, 2.05) is 0 Å². The molecule has 3 nitrogen and oxygen atoms in total. The van der Waals surface area contributed by atoms with Crippen molar-refractivity contribution in [3.05, 3.63) is 46.0 Å². The van der Waals surface area contributed by atoms with Crippen molar-refractivity contribution >= 4 is 35.0 Å². The fourth-order valence-electron chi connectivity index (χ4n) is 3.94. The molecule has 1 heterocycles. The van der Waals surface area contributed by atoms with Gasteiger partial charge in [0.25, 0.3) is 0 Å². The number of halogens is 2. The van der Waals surface area contributed by atoms with Crippen LogP contribution in [-0.2, 0) is 16.1 Å². The van der Waals surface area contributed by atoms with Crippen molar-refractivity contribution in [1.82, 2.24) is 4.90 Å². The molecule has 4 atom stereocenters. The zero-order chi connectivity index (χ0) is 14.7. The smallest absolute Gasteiger partial charge is 0.234 e. The van der Waals surface area contributed by atoms with Gasteiger partial charge in [0.2, 0.25) is 11.8 Å². The molecule has 5 heteroatoms. The summed E-state index contributed by atoms with van der Waals surface area (Å²) in [5.74, 6) is 0.136. The van der Waals surface area contributed by atoms with Crippen LogP contribution in [0.2, 0.25) is 10.0 Å². The molecular weight excluding hydrogens is 309 g/mol. The summed E-state index contributed by atoms with van der Waals surface area (Å²) in [6, 6.07) is 5.21. The number of hydrogen-bond acceptors (Lipinski definition) is 2. The van der Waals surface area contributed by atoms with Gasteiger partial charge in [0, 0.05) is 0 Å². The minimum Gasteiger partial charge on any atom is -0.278 e. The lowest BCUT2D eigenvalue weighted by molar-refractivity contribution is -0.141. The van der Waals surface area contributed by atoms with Gasteiger partial charge in [-0.3, -0.25) is 14.5 Å². The number of benzene rings is 1. The summed E-state index contributed by atoms with van der Waals surface area (Å²) in [4.78, 5) is 26.5. The van der Waals surface area contributed by atoms with Gasteiger partial charge in [0.05, 0.1) is 28.4 Å². The van der Waals surface area contributed by atoms with Crippen LogP contribution in [0.5, 0.6) is 0 Å². The molecule has 2 fully saturated rings. The molecule has 1 aromatic carbocycles. The summed E-state index contributed by atoms with van der Waals surface area (Å²) in [6.45, 7) is 0.279. The Bertz CT molecular complexity index is 655. The van der Waals surface area contributed by atoms with Gasteiger partial charge in [-0.15, -0.1) is 0 Å². The highest BCUT2D eigenvalue weighted by atomic mass is 35.5. The van der Waals surface area contributed by atoms with E-state index in [-0.39, 0.29) is 42.0 Å². The first-order valence-electron chi connectivity index (χ1n) is 7.04. The Balaban J connectivity index is 1.61. The molecule has 2 aliphatic carbocycles. The summed E-state index contributed by atoms with van der Waals surface area (Å²) in [5, 5.41) is 0.911. The first-order chi connectivity index (χ1) is 10.1. The average molecular weight is 322 g/mol. The largest absolute Gasteiger partial charge is 0.278 e. The van der Waals surface area contributed by atoms with Crippen LogP contribution in [0, 0.1) is 23.7 Å². The normalized spacial score (nSPS) is 33.1. The topological polar surface area (TPSA) is 37.4 Å². The predicted octanol–water partition coefficient (Wildman–Crippen LogP) is 3.30. The molecule has 0 spiro atoms. The third kappa shape index (κ3) is 1.87. The Hall–Kier alpha value is -1.32. The monoisotopic (exact) mass is 321 g/mol. The fourth-order valence-corrected chi connectivity index (χ4v) is 4.26. The van der Waals surface area contributed by atoms with Crippen molar-refractivity contribution in [2.45, 2.75) is 13.0 Å². The molecule has 1 saturated heterocycles. The number of rotatable bonds is 2. The second-order valence-corrected chi connectivity index (χ2v) is 6.83. The molecular formula is C16H13Cl2NO2. The molecule has 0 aromatic heterocycles. The Kier molecular flexibility index (Phi) is 2.92. The van der Waals surface area contributed by atoms with Gasteiger partial charge < -0.3 is 0 Å². The molecule has 2 amide bonds. The average Bonchev–Trinajstić information content (AvgIpc) is 3.12. The molecule has 0 radical (unpaired) electrons. The van der Waals surface area contributed by atoms with Crippen LogP contribution in [-0.4, -0.2) is 16.7 Å². The molecule has 3 aliphatic rings. The van der Waals surface area contributed by atoms with E-state index in [4.69, 9.17) is 23.2 Å². The summed E-state index contributed by atoms with van der Waals surface area (Å²) in [6.07, 6.45) is 5.15. The lowest BCUT2D eigenvalue weighted by atomic mass is 9.85. The number of likely N-dealkylation sites (tertiary alicyclic amines) is 1. The first kappa shape index (κ1) is 13.4. The lowest BCUT2D eigenvalue weighted by Crippen LogP contribution is -2.32. The third-order valence-corrected chi connectivity index (χ3v) is 5.63. The zero-order valence-electron chi connectivity index (χ0n) is 11.1. The molecule has 0 unspecified atom stereocenters. The third-order valence-electron chi connectivity index (χ3n) is 4.89. The summed E-state index contributed by atoms with van der Waals surface area (Å²) >= 11 is 11.9. The summed E-state index contributed by atoms with van der Waals surface area (Å²) < 4.78 is 0. The Morgan fingerprint density at radius 3 is 2.19 bits per heavy atom. The van der Waals surface area contributed by atoms with Crippen LogP contribution in [0.15, 0.2) is 30.4 Å². The Morgan fingerprint density at radius 1 is 1.00 bits per heavy atom. The van der Waals surface area contributed by atoms with E-state index in [0.29, 0.717) is 10.0 Å². The van der Waals surface area contributed by atoms with Crippen LogP contribution in [0.25, 0.3) is 0 Å². The van der Waals surface area contributed by atoms with Gasteiger partial charge in [0.15, 0.2) is 0 Å². The number of allylic oxidation sites excluding steroid dienone is 2. The highest BCUT2D eigenvalue weighted by molar-refractivity contribution is 6.42. The van der Waals surface area contributed by atoms with E-state index in [0.717, 1.165) is 12.0 Å². The van der Waals surface area contributed by atoms with Crippen molar-refractivity contribution in [1.29, 1.82) is 0 Å². The van der Waals surface area contributed by atoms with E-state index >= 15 is 0 Å². The molecule has 1 aliphatic heterocycles. The number of imide groups is 1. The molecule has 1 aromatic rings. The van der Waals surface area contributed by atoms with Gasteiger partial charge in [-0.1, -0.05) is 41.4 Å². The van der Waals surface area contributed by atoms with Gasteiger partial charge in [-0.25, -0.2) is 0 Å². The van der Waals surface area contributed by atoms with Crippen molar-refractivity contribution in [2.24, 2.45) is 23.7 Å². The van der Waals surface area contributed by atoms with Crippen LogP contribution in [0.1, 0.15) is 12.0 Å². The molecule has 1 saturated carbocycles. The molecule has 0 N–H and O–H groups in total. The minimum absolute atomic E-state index is 0.0343. The van der Waals surface area contributed by atoms with E-state index in [1.54, 1.807) is 18.2 Å². The quantitative estimate of drug-likeness (QED) is 0.619. The van der Waals surface area contributed by atoms with Crippen molar-refractivity contribution < 1.29 is 9.59 Å². The number of carbonyl (C=O) groups excluding carboxylic acids is 2. The second kappa shape index (κ2) is 4.59. The number of nitrogens with zero attached hydrogens (tertiary/aromatic N) is 1. The van der Waals surface area contributed by atoms with Gasteiger partial charge in [-0.05, 0) is 36.0 Å². The molecule has 4 rings (SSSR count). The zero-order valence-corrected chi connectivity index (χ0v) is 12.6. The van der Waals surface area contributed by atoms with Crippen molar-refractivity contribution in [2.75, 3.05) is 0 Å². The first-order valence-corrected chi connectivity index (χ1v) is 7.79. The Labute approximate surface area is 132 Å². The summed E-state index contributed by atoms with van der Waals surface area (Å²) in [7, 11) is 0. The van der Waals surface area contributed by atoms with Crippen molar-refractivity contribution in [3.63, 3.8) is 0 Å².